The molecule has 0 saturated carbocycles. The summed E-state index contributed by atoms with van der Waals surface area (Å²) in [5, 5.41) is 8.79. The smallest absolute Gasteiger partial charge is 0.159 e. The van der Waals surface area contributed by atoms with Gasteiger partial charge in [-0.25, -0.2) is 4.98 Å². The Labute approximate surface area is 194 Å². The second kappa shape index (κ2) is 8.80. The number of hydrogen-bond acceptors (Lipinski definition) is 5. The van der Waals surface area contributed by atoms with Crippen molar-refractivity contribution in [1.82, 2.24) is 25.1 Å². The van der Waals surface area contributed by atoms with Crippen molar-refractivity contribution in [3.63, 3.8) is 0 Å². The number of ether oxygens (including phenoxy) is 1. The Kier molecular flexibility index (Phi) is 5.52. The molecule has 7 heteroatoms. The van der Waals surface area contributed by atoms with Crippen molar-refractivity contribution >= 4 is 27.6 Å². The van der Waals surface area contributed by atoms with E-state index in [9.17, 15) is 0 Å². The second-order valence-electron chi connectivity index (χ2n) is 9.45. The average molecular weight is 445 g/mol. The maximum absolute atomic E-state index is 5.40. The third kappa shape index (κ3) is 3.89. The lowest BCUT2D eigenvalue weighted by atomic mass is 9.99. The first kappa shape index (κ1) is 20.7. The summed E-state index contributed by atoms with van der Waals surface area (Å²) in [4.78, 5) is 13.7. The van der Waals surface area contributed by atoms with Crippen LogP contribution in [0.2, 0.25) is 0 Å². The highest BCUT2D eigenvalue weighted by Crippen LogP contribution is 2.31. The van der Waals surface area contributed by atoms with Crippen molar-refractivity contribution in [2.24, 2.45) is 0 Å². The minimum absolute atomic E-state index is 0.543. The number of rotatable bonds is 5. The quantitative estimate of drug-likeness (QED) is 0.467. The zero-order valence-corrected chi connectivity index (χ0v) is 19.3. The highest BCUT2D eigenvalue weighted by atomic mass is 16.5. The molecule has 2 saturated heterocycles. The first-order chi connectivity index (χ1) is 16.3. The maximum Gasteiger partial charge on any atom is 0.159 e. The average Bonchev–Trinajstić information content (AvgIpc) is 3.49. The molecule has 0 aliphatic carbocycles. The van der Waals surface area contributed by atoms with Gasteiger partial charge in [-0.15, -0.1) is 0 Å². The monoisotopic (exact) mass is 444 g/mol. The summed E-state index contributed by atoms with van der Waals surface area (Å²) in [6.07, 6.45) is 6.67. The van der Waals surface area contributed by atoms with E-state index in [-0.39, 0.29) is 0 Å². The standard InChI is InChI=1S/C26H32N6O/c1-33-17-18-6-5-7-22-24(18)25(30-29-22)26-27-21-9-8-20(16-23(21)28-26)32-14-10-19(11-15-32)31-12-3-2-4-13-31/h5-9,16,19H,2-4,10-15,17H2,1H3,(H,27,28)(H,29,30). The van der Waals surface area contributed by atoms with Crippen LogP contribution in [0, 0.1) is 0 Å². The van der Waals surface area contributed by atoms with Crippen LogP contribution in [-0.2, 0) is 11.3 Å². The number of fused-ring (bicyclic) bond motifs is 2. The number of H-pyrrole nitrogens is 2. The van der Waals surface area contributed by atoms with Crippen LogP contribution < -0.4 is 4.90 Å². The van der Waals surface area contributed by atoms with Gasteiger partial charge in [-0.3, -0.25) is 5.10 Å². The SMILES string of the molecule is COCc1cccc2[nH]nc(-c3nc4ccc(N5CCC(N6CCCCC6)CC5)cc4[nH]3)c12. The van der Waals surface area contributed by atoms with Gasteiger partial charge in [-0.05, 0) is 68.6 Å². The fraction of sp³-hybridized carbons (Fsp3) is 0.462. The summed E-state index contributed by atoms with van der Waals surface area (Å²) in [6.45, 7) is 5.38. The first-order valence-electron chi connectivity index (χ1n) is 12.2. The minimum Gasteiger partial charge on any atom is -0.380 e. The third-order valence-electron chi connectivity index (χ3n) is 7.40. The van der Waals surface area contributed by atoms with Crippen LogP contribution in [0.3, 0.4) is 0 Å². The molecule has 0 bridgehead atoms. The van der Waals surface area contributed by atoms with Crippen molar-refractivity contribution in [3.8, 4) is 11.5 Å². The lowest BCUT2D eigenvalue weighted by Crippen LogP contribution is -2.46. The van der Waals surface area contributed by atoms with Crippen LogP contribution in [-0.4, -0.2) is 64.4 Å². The lowest BCUT2D eigenvalue weighted by Gasteiger charge is -2.41. The van der Waals surface area contributed by atoms with Crippen molar-refractivity contribution in [2.75, 3.05) is 38.2 Å². The summed E-state index contributed by atoms with van der Waals surface area (Å²) >= 11 is 0. The van der Waals surface area contributed by atoms with Crippen LogP contribution in [0.25, 0.3) is 33.5 Å². The van der Waals surface area contributed by atoms with Gasteiger partial charge in [0.15, 0.2) is 5.82 Å². The van der Waals surface area contributed by atoms with Gasteiger partial charge in [0.2, 0.25) is 0 Å². The van der Waals surface area contributed by atoms with E-state index in [1.165, 1.54) is 50.9 Å². The molecule has 33 heavy (non-hydrogen) atoms. The number of nitrogens with one attached hydrogen (secondary N) is 2. The van der Waals surface area contributed by atoms with Crippen molar-refractivity contribution in [1.29, 1.82) is 0 Å². The molecule has 0 unspecified atom stereocenters. The Balaban J connectivity index is 1.24. The normalized spacial score (nSPS) is 18.5. The molecule has 0 radical (unpaired) electrons. The zero-order chi connectivity index (χ0) is 22.2. The molecule has 172 valence electrons. The molecular formula is C26H32N6O. The number of nitrogens with zero attached hydrogens (tertiary/aromatic N) is 4. The van der Waals surface area contributed by atoms with E-state index in [0.29, 0.717) is 6.61 Å². The summed E-state index contributed by atoms with van der Waals surface area (Å²) in [6, 6.07) is 13.5. The van der Waals surface area contributed by atoms with E-state index < -0.39 is 0 Å². The van der Waals surface area contributed by atoms with Crippen LogP contribution in [0.1, 0.15) is 37.7 Å². The van der Waals surface area contributed by atoms with Crippen LogP contribution in [0.5, 0.6) is 0 Å². The van der Waals surface area contributed by atoms with Gasteiger partial charge in [0.05, 0.1) is 23.2 Å². The first-order valence-corrected chi connectivity index (χ1v) is 12.2. The molecule has 2 aromatic carbocycles. The molecule has 4 aromatic rings. The minimum atomic E-state index is 0.543. The Morgan fingerprint density at radius 3 is 2.67 bits per heavy atom. The van der Waals surface area contributed by atoms with Crippen LogP contribution in [0.15, 0.2) is 36.4 Å². The number of aromatic nitrogens is 4. The highest BCUT2D eigenvalue weighted by molar-refractivity contribution is 5.95. The van der Waals surface area contributed by atoms with Gasteiger partial charge in [-0.1, -0.05) is 18.6 Å². The molecule has 2 aliphatic rings. The Hall–Kier alpha value is -2.90. The van der Waals surface area contributed by atoms with E-state index in [1.807, 2.05) is 12.1 Å². The molecular weight excluding hydrogens is 412 g/mol. The van der Waals surface area contributed by atoms with Crippen LogP contribution in [0.4, 0.5) is 5.69 Å². The second-order valence-corrected chi connectivity index (χ2v) is 9.45. The number of piperidine rings is 2. The maximum atomic E-state index is 5.40. The van der Waals surface area contributed by atoms with Gasteiger partial charge < -0.3 is 19.5 Å². The molecule has 7 nitrogen and oxygen atoms in total. The summed E-state index contributed by atoms with van der Waals surface area (Å²) in [5.74, 6) is 0.792. The van der Waals surface area contributed by atoms with E-state index in [4.69, 9.17) is 9.72 Å². The molecule has 2 N–H and O–H groups in total. The number of anilines is 1. The fourth-order valence-corrected chi connectivity index (χ4v) is 5.67. The number of methoxy groups -OCH3 is 1. The van der Waals surface area contributed by atoms with Gasteiger partial charge in [-0.2, -0.15) is 5.10 Å². The summed E-state index contributed by atoms with van der Waals surface area (Å²) in [7, 11) is 1.72. The molecule has 2 aliphatic heterocycles. The number of benzene rings is 2. The molecule has 0 amide bonds. The highest BCUT2D eigenvalue weighted by Gasteiger charge is 2.26. The van der Waals surface area contributed by atoms with Crippen molar-refractivity contribution < 1.29 is 4.74 Å². The van der Waals surface area contributed by atoms with Gasteiger partial charge >= 0.3 is 0 Å². The molecule has 0 atom stereocenters. The zero-order valence-electron chi connectivity index (χ0n) is 19.3. The van der Waals surface area contributed by atoms with Gasteiger partial charge in [0, 0.05) is 37.3 Å². The number of imidazole rings is 1. The molecule has 4 heterocycles. The van der Waals surface area contributed by atoms with E-state index in [2.05, 4.69) is 49.2 Å². The lowest BCUT2D eigenvalue weighted by molar-refractivity contribution is 0.141. The van der Waals surface area contributed by atoms with E-state index in [1.54, 1.807) is 7.11 Å². The molecule has 2 aromatic heterocycles. The Bertz CT molecular complexity index is 1250. The van der Waals surface area contributed by atoms with Gasteiger partial charge in [0.25, 0.3) is 0 Å². The van der Waals surface area contributed by atoms with E-state index >= 15 is 0 Å². The fourth-order valence-electron chi connectivity index (χ4n) is 5.67. The Morgan fingerprint density at radius 2 is 1.85 bits per heavy atom. The molecule has 6 rings (SSSR count). The number of hydrogen-bond donors (Lipinski definition) is 2. The van der Waals surface area contributed by atoms with E-state index in [0.717, 1.165) is 58.1 Å². The summed E-state index contributed by atoms with van der Waals surface area (Å²) < 4.78 is 5.40. The van der Waals surface area contributed by atoms with Crippen LogP contribution >= 0.6 is 0 Å². The summed E-state index contributed by atoms with van der Waals surface area (Å²) in [5.41, 5.74) is 6.26. The Morgan fingerprint density at radius 1 is 1.00 bits per heavy atom. The van der Waals surface area contributed by atoms with Crippen molar-refractivity contribution in [2.45, 2.75) is 44.8 Å². The number of likely N-dealkylation sites (tertiary alicyclic amines) is 1. The molecule has 2 fully saturated rings. The molecule has 0 spiro atoms. The topological polar surface area (TPSA) is 73.1 Å². The van der Waals surface area contributed by atoms with Crippen molar-refractivity contribution in [3.05, 3.63) is 42.0 Å². The predicted molar refractivity (Wildman–Crippen MR) is 133 cm³/mol. The van der Waals surface area contributed by atoms with Gasteiger partial charge in [0.1, 0.15) is 5.69 Å². The largest absolute Gasteiger partial charge is 0.380 e. The number of aromatic amines is 2. The third-order valence-corrected chi connectivity index (χ3v) is 7.40. The predicted octanol–water partition coefficient (Wildman–Crippen LogP) is 4.71.